The number of aromatic nitrogens is 2. The number of hydrogen-bond donors (Lipinski definition) is 2. The van der Waals surface area contributed by atoms with Crippen LogP contribution in [0.1, 0.15) is 11.1 Å². The van der Waals surface area contributed by atoms with E-state index >= 15 is 0 Å². The minimum Gasteiger partial charge on any atom is -0.405 e. The lowest BCUT2D eigenvalue weighted by Crippen LogP contribution is -2.32. The summed E-state index contributed by atoms with van der Waals surface area (Å²) >= 11 is 0. The van der Waals surface area contributed by atoms with Gasteiger partial charge >= 0.3 is 12.3 Å². The maximum Gasteiger partial charge on any atom is 0.436 e. The van der Waals surface area contributed by atoms with Crippen molar-refractivity contribution in [3.63, 3.8) is 0 Å². The van der Waals surface area contributed by atoms with Crippen molar-refractivity contribution in [1.29, 1.82) is 0 Å². The van der Waals surface area contributed by atoms with Crippen LogP contribution in [0.25, 0.3) is 22.0 Å². The quantitative estimate of drug-likeness (QED) is 0.170. The summed E-state index contributed by atoms with van der Waals surface area (Å²) in [4.78, 5) is 19.9. The van der Waals surface area contributed by atoms with Crippen LogP contribution in [0.15, 0.2) is 108 Å². The normalized spacial score (nSPS) is 11.7. The van der Waals surface area contributed by atoms with E-state index in [1.54, 1.807) is 24.3 Å². The standard InChI is InChI=1S/C29H21F3N4O5S/c30-29(31,32)22-10-13-24-25(15-22)34-17-26(41-28(37)35-38)27(24)36(18-19-5-4-14-33-16-19)42(39,40)23-11-8-21(9-12-23)20-6-2-1-3-7-20/h1-17,38H,18H2,(H,35,37). The van der Waals surface area contributed by atoms with Gasteiger partial charge in [-0.1, -0.05) is 48.5 Å². The maximum atomic E-state index is 14.3. The van der Waals surface area contributed by atoms with Gasteiger partial charge in [0, 0.05) is 17.8 Å². The molecular formula is C29H21F3N4O5S. The van der Waals surface area contributed by atoms with Crippen molar-refractivity contribution in [2.45, 2.75) is 17.6 Å². The summed E-state index contributed by atoms with van der Waals surface area (Å²) in [6.07, 6.45) is -2.23. The molecule has 2 aromatic heterocycles. The third-order valence-electron chi connectivity index (χ3n) is 6.28. The van der Waals surface area contributed by atoms with Gasteiger partial charge in [0.15, 0.2) is 5.75 Å². The van der Waals surface area contributed by atoms with Crippen molar-refractivity contribution < 1.29 is 36.3 Å². The Morgan fingerprint density at radius 1 is 0.929 bits per heavy atom. The highest BCUT2D eigenvalue weighted by molar-refractivity contribution is 7.92. The second-order valence-corrected chi connectivity index (χ2v) is 10.8. The lowest BCUT2D eigenvalue weighted by molar-refractivity contribution is -0.137. The zero-order chi connectivity index (χ0) is 29.9. The molecule has 1 amide bonds. The number of carbonyl (C=O) groups is 1. The van der Waals surface area contributed by atoms with Gasteiger partial charge in [-0.15, -0.1) is 0 Å². The van der Waals surface area contributed by atoms with Crippen LogP contribution in [0, 0.1) is 0 Å². The molecule has 2 N–H and O–H groups in total. The van der Waals surface area contributed by atoms with Gasteiger partial charge < -0.3 is 4.74 Å². The molecule has 2 heterocycles. The summed E-state index contributed by atoms with van der Waals surface area (Å²) in [5, 5.41) is 8.99. The molecular weight excluding hydrogens is 573 g/mol. The fraction of sp³-hybridized carbons (Fsp3) is 0.0690. The first-order chi connectivity index (χ1) is 20.1. The highest BCUT2D eigenvalue weighted by atomic mass is 32.2. The fourth-order valence-electron chi connectivity index (χ4n) is 4.31. The Labute approximate surface area is 237 Å². The first-order valence-corrected chi connectivity index (χ1v) is 13.7. The Morgan fingerprint density at radius 2 is 1.64 bits per heavy atom. The molecule has 0 fully saturated rings. The van der Waals surface area contributed by atoms with Crippen molar-refractivity contribution in [3.8, 4) is 16.9 Å². The van der Waals surface area contributed by atoms with Crippen LogP contribution in [-0.2, 0) is 22.7 Å². The molecule has 9 nitrogen and oxygen atoms in total. The third-order valence-corrected chi connectivity index (χ3v) is 8.04. The Bertz CT molecular complexity index is 1840. The predicted molar refractivity (Wildman–Crippen MR) is 147 cm³/mol. The molecule has 13 heteroatoms. The van der Waals surface area contributed by atoms with E-state index in [1.807, 2.05) is 30.3 Å². The number of nitrogens with zero attached hydrogens (tertiary/aromatic N) is 3. The van der Waals surface area contributed by atoms with Gasteiger partial charge in [0.1, 0.15) is 5.69 Å². The van der Waals surface area contributed by atoms with Gasteiger partial charge in [0.05, 0.1) is 28.7 Å². The Morgan fingerprint density at radius 3 is 2.29 bits per heavy atom. The number of rotatable bonds is 7. The number of fused-ring (bicyclic) bond motifs is 1. The van der Waals surface area contributed by atoms with Gasteiger partial charge in [-0.3, -0.25) is 19.5 Å². The summed E-state index contributed by atoms with van der Waals surface area (Å²) < 4.78 is 75.0. The van der Waals surface area contributed by atoms with Crippen molar-refractivity contribution in [2.24, 2.45) is 0 Å². The van der Waals surface area contributed by atoms with Gasteiger partial charge in [0.2, 0.25) is 0 Å². The van der Waals surface area contributed by atoms with E-state index in [4.69, 9.17) is 9.94 Å². The topological polar surface area (TPSA) is 122 Å². The summed E-state index contributed by atoms with van der Waals surface area (Å²) in [5.74, 6) is -0.429. The van der Waals surface area contributed by atoms with E-state index < -0.39 is 33.6 Å². The molecule has 0 spiro atoms. The average Bonchev–Trinajstić information content (AvgIpc) is 3.00. The smallest absolute Gasteiger partial charge is 0.405 e. The van der Waals surface area contributed by atoms with E-state index in [-0.39, 0.29) is 28.0 Å². The summed E-state index contributed by atoms with van der Waals surface area (Å²) in [6, 6.07) is 21.1. The molecule has 0 atom stereocenters. The monoisotopic (exact) mass is 594 g/mol. The minimum atomic E-state index is -4.69. The van der Waals surface area contributed by atoms with Crippen LogP contribution in [0.2, 0.25) is 0 Å². The molecule has 3 aromatic carbocycles. The largest absolute Gasteiger partial charge is 0.436 e. The lowest BCUT2D eigenvalue weighted by Gasteiger charge is -2.27. The molecule has 0 bridgehead atoms. The highest BCUT2D eigenvalue weighted by Gasteiger charge is 2.34. The number of hydrogen-bond acceptors (Lipinski definition) is 7. The van der Waals surface area contributed by atoms with Gasteiger partial charge in [-0.2, -0.15) is 13.2 Å². The highest BCUT2D eigenvalue weighted by Crippen LogP contribution is 2.41. The van der Waals surface area contributed by atoms with Crippen LogP contribution in [0.4, 0.5) is 23.7 Å². The van der Waals surface area contributed by atoms with Gasteiger partial charge in [-0.25, -0.2) is 18.7 Å². The minimum absolute atomic E-state index is 0.0559. The number of anilines is 1. The van der Waals surface area contributed by atoms with E-state index in [2.05, 4.69) is 9.97 Å². The predicted octanol–water partition coefficient (Wildman–Crippen LogP) is 6.19. The summed E-state index contributed by atoms with van der Waals surface area (Å²) in [7, 11) is -4.46. The molecule has 214 valence electrons. The van der Waals surface area contributed by atoms with Crippen LogP contribution in [-0.4, -0.2) is 29.7 Å². The number of benzene rings is 3. The van der Waals surface area contributed by atoms with Gasteiger partial charge in [-0.05, 0) is 53.1 Å². The number of ether oxygens (including phenoxy) is 1. The third kappa shape index (κ3) is 5.87. The molecule has 0 saturated carbocycles. The molecule has 0 aliphatic carbocycles. The summed E-state index contributed by atoms with van der Waals surface area (Å²) in [6.45, 7) is -0.339. The lowest BCUT2D eigenvalue weighted by atomic mass is 10.1. The van der Waals surface area contributed by atoms with Gasteiger partial charge in [0.25, 0.3) is 10.0 Å². The average molecular weight is 595 g/mol. The molecule has 0 unspecified atom stereocenters. The first kappa shape index (κ1) is 28.5. The molecule has 0 saturated heterocycles. The SMILES string of the molecule is O=C(NO)Oc1cnc2cc(C(F)(F)F)ccc2c1N(Cc1cccnc1)S(=O)(=O)c1ccc(-c2ccccc2)cc1. The molecule has 5 aromatic rings. The van der Waals surface area contributed by atoms with Crippen molar-refractivity contribution >= 4 is 32.7 Å². The Balaban J connectivity index is 1.72. The zero-order valence-electron chi connectivity index (χ0n) is 21.5. The molecule has 42 heavy (non-hydrogen) atoms. The Hall–Kier alpha value is -5.01. The van der Waals surface area contributed by atoms with E-state index in [0.717, 1.165) is 39.8 Å². The van der Waals surface area contributed by atoms with Crippen LogP contribution in [0.3, 0.4) is 0 Å². The fourth-order valence-corrected chi connectivity index (χ4v) is 5.79. The number of carbonyl (C=O) groups excluding carboxylic acids is 1. The van der Waals surface area contributed by atoms with Crippen LogP contribution < -0.4 is 14.5 Å². The number of pyridine rings is 2. The molecule has 0 aliphatic heterocycles. The van der Waals surface area contributed by atoms with E-state index in [1.165, 1.54) is 30.0 Å². The summed E-state index contributed by atoms with van der Waals surface area (Å²) in [5.41, 5.74) is 1.84. The number of sulfonamides is 1. The second kappa shape index (κ2) is 11.5. The number of amides is 1. The Kier molecular flexibility index (Phi) is 7.79. The van der Waals surface area contributed by atoms with Crippen molar-refractivity contribution in [1.82, 2.24) is 15.4 Å². The van der Waals surface area contributed by atoms with Crippen molar-refractivity contribution in [3.05, 3.63) is 115 Å². The van der Waals surface area contributed by atoms with Crippen molar-refractivity contribution in [2.75, 3.05) is 4.31 Å². The molecule has 0 radical (unpaired) electrons. The molecule has 0 aliphatic rings. The zero-order valence-corrected chi connectivity index (χ0v) is 22.3. The number of halogens is 3. The second-order valence-electron chi connectivity index (χ2n) is 8.97. The number of nitrogens with one attached hydrogen (secondary N) is 1. The number of alkyl halides is 3. The maximum absolute atomic E-state index is 14.3. The van der Waals surface area contributed by atoms with Crippen LogP contribution in [0.5, 0.6) is 5.75 Å². The van der Waals surface area contributed by atoms with E-state index in [9.17, 15) is 26.4 Å². The number of hydroxylamine groups is 1. The van der Waals surface area contributed by atoms with Crippen LogP contribution >= 0.6 is 0 Å². The van der Waals surface area contributed by atoms with E-state index in [0.29, 0.717) is 5.56 Å². The first-order valence-electron chi connectivity index (χ1n) is 12.3. The molecule has 5 rings (SSSR count).